The van der Waals surface area contributed by atoms with Gasteiger partial charge in [0.1, 0.15) is 0 Å². The third-order valence-electron chi connectivity index (χ3n) is 0.222. The van der Waals surface area contributed by atoms with E-state index in [4.69, 9.17) is 5.69 Å². The van der Waals surface area contributed by atoms with Crippen molar-refractivity contribution in [2.24, 2.45) is 10.8 Å². The van der Waals surface area contributed by atoms with Gasteiger partial charge in [0.05, 0.1) is 0 Å². The molecule has 0 radical (unpaired) electrons. The van der Waals surface area contributed by atoms with Crippen LogP contribution in [0.2, 0.25) is 0 Å². The number of nitrogens with one attached hydrogen (secondary N) is 2. The van der Waals surface area contributed by atoms with Gasteiger partial charge in [0.25, 0.3) is 6.08 Å². The number of carbonyl (C=O) groups excluding carboxylic acids is 1. The van der Waals surface area contributed by atoms with Gasteiger partial charge in [-0.25, -0.2) is 10.2 Å². The summed E-state index contributed by atoms with van der Waals surface area (Å²) in [6.07, 6.45) is 1.14. The molecule has 0 aromatic rings. The van der Waals surface area contributed by atoms with Gasteiger partial charge in [0.2, 0.25) is 5.96 Å². The van der Waals surface area contributed by atoms with Crippen LogP contribution in [-0.2, 0) is 4.79 Å². The third kappa shape index (κ3) is 17.6. The SMILES string of the molecule is N=C(N)NN=C=O.[Cl][Cs]. The van der Waals surface area contributed by atoms with Gasteiger partial charge < -0.3 is 5.73 Å². The van der Waals surface area contributed by atoms with E-state index in [0.717, 1.165) is 6.08 Å². The van der Waals surface area contributed by atoms with Crippen molar-refractivity contribution in [3.05, 3.63) is 0 Å². The summed E-state index contributed by atoms with van der Waals surface area (Å²) < 4.78 is 4.86. The number of rotatable bonds is 1. The summed E-state index contributed by atoms with van der Waals surface area (Å²) in [5, 5.41) is 9.16. The molecule has 0 aliphatic rings. The average Bonchev–Trinajstić information content (AvgIpc) is 1.88. The van der Waals surface area contributed by atoms with E-state index in [1.54, 1.807) is 0 Å². The van der Waals surface area contributed by atoms with E-state index in [-0.39, 0.29) is 5.96 Å². The summed E-state index contributed by atoms with van der Waals surface area (Å²) in [6, 6.07) is 0. The fourth-order valence-electron chi connectivity index (χ4n) is 0.0830. The summed E-state index contributed by atoms with van der Waals surface area (Å²) in [6.45, 7) is 0. The second kappa shape index (κ2) is 11.7. The third-order valence-corrected chi connectivity index (χ3v) is 0.222. The molecule has 0 fully saturated rings. The van der Waals surface area contributed by atoms with Gasteiger partial charge in [0, 0.05) is 0 Å². The topological polar surface area (TPSA) is 91.3 Å². The average molecular weight is 268 g/mol. The van der Waals surface area contributed by atoms with E-state index in [0.29, 0.717) is 63.7 Å². The van der Waals surface area contributed by atoms with Crippen LogP contribution in [0, 0.1) is 5.41 Å². The second-order valence-electron chi connectivity index (χ2n) is 0.729. The number of halogens is 1. The van der Waals surface area contributed by atoms with E-state index in [1.807, 2.05) is 5.43 Å². The Labute approximate surface area is 99.9 Å². The number of nitrogens with zero attached hydrogens (tertiary/aromatic N) is 1. The fraction of sp³-hybridized carbons (Fsp3) is 0. The number of hydrogen-bond donors (Lipinski definition) is 3. The monoisotopic (exact) mass is 268 g/mol. The van der Waals surface area contributed by atoms with Crippen LogP contribution in [0.5, 0.6) is 0 Å². The molecule has 0 amide bonds. The van der Waals surface area contributed by atoms with Gasteiger partial charge in [-0.15, -0.1) is 0 Å². The van der Waals surface area contributed by atoms with Gasteiger partial charge in [0.15, 0.2) is 0 Å². The molecule has 4 N–H and O–H groups in total. The van der Waals surface area contributed by atoms with Crippen molar-refractivity contribution in [3.8, 4) is 0 Å². The van der Waals surface area contributed by atoms with Crippen molar-refractivity contribution in [3.63, 3.8) is 0 Å². The molecule has 0 heterocycles. The molecule has 0 unspecified atom stereocenters. The van der Waals surface area contributed by atoms with Crippen LogP contribution in [0.25, 0.3) is 0 Å². The normalized spacial score (nSPS) is 5.67. The van der Waals surface area contributed by atoms with Crippen molar-refractivity contribution in [1.29, 1.82) is 5.41 Å². The first-order chi connectivity index (χ1) is 4.27. The Kier molecular flexibility index (Phi) is 16.5. The van der Waals surface area contributed by atoms with Gasteiger partial charge in [-0.05, 0) is 0 Å². The standard InChI is InChI=1S/C2H4N4O.ClH.Cs/c3-2(4)6-5-1-7;;/h(H4,3,4,6);1H;/q;;+1/p-1. The van der Waals surface area contributed by atoms with Crippen LogP contribution in [0.3, 0.4) is 0 Å². The minimum atomic E-state index is -0.372. The zero-order valence-corrected chi connectivity index (χ0v) is 11.8. The molecule has 0 aromatic heterocycles. The molecule has 0 atom stereocenters. The maximum absolute atomic E-state index is 9.20. The molecule has 0 spiro atoms. The molecule has 0 saturated heterocycles. The van der Waals surface area contributed by atoms with E-state index < -0.39 is 0 Å². The minimum absolute atomic E-state index is 0.361. The molecule has 5 nitrogen and oxygen atoms in total. The molecular weight excluding hydrogens is 264 g/mol. The number of hydrogen-bond acceptors (Lipinski definition) is 3. The summed E-state index contributed by atoms with van der Waals surface area (Å²) in [7, 11) is 0. The Bertz CT molecular complexity index is 122. The van der Waals surface area contributed by atoms with Crippen molar-refractivity contribution in [2.45, 2.75) is 0 Å². The maximum atomic E-state index is 9.20. The van der Waals surface area contributed by atoms with Crippen LogP contribution in [0.4, 0.5) is 0 Å². The second-order valence-corrected chi connectivity index (χ2v) is 0.729. The molecule has 0 aliphatic heterocycles. The predicted molar refractivity (Wildman–Crippen MR) is 34.8 cm³/mol. The first-order valence-electron chi connectivity index (χ1n) is 1.82. The van der Waals surface area contributed by atoms with Crippen LogP contribution >= 0.6 is 0.278 Å². The zero-order valence-electron chi connectivity index (χ0n) is 4.81. The number of isocyanates is 1. The zero-order chi connectivity index (χ0) is 7.70. The molecule has 0 saturated carbocycles. The van der Waals surface area contributed by atoms with Crippen LogP contribution in [-0.4, -0.2) is 75.8 Å². The molecule has 46 valence electrons. The summed E-state index contributed by atoms with van der Waals surface area (Å²) in [5.41, 5.74) is 6.54. The molecule has 0 rings (SSSR count). The Morgan fingerprint density at radius 2 is 2.33 bits per heavy atom. The number of hydrazone groups is 1. The number of guanidine groups is 1. The predicted octanol–water partition coefficient (Wildman–Crippen LogP) is -0.971. The van der Waals surface area contributed by atoms with Gasteiger partial charge in [-0.3, -0.25) is 5.41 Å². The van der Waals surface area contributed by atoms with Crippen LogP contribution in [0.1, 0.15) is 0 Å². The van der Waals surface area contributed by atoms with Gasteiger partial charge in [-0.1, -0.05) is 5.10 Å². The van der Waals surface area contributed by atoms with E-state index in [1.165, 1.54) is 0 Å². The molecule has 9 heavy (non-hydrogen) atoms. The summed E-state index contributed by atoms with van der Waals surface area (Å²) >= 11 is 0.361. The Hall–Kier alpha value is 0.992. The molecule has 0 aliphatic carbocycles. The van der Waals surface area contributed by atoms with Gasteiger partial charge >= 0.3 is 64.0 Å². The first kappa shape index (κ1) is 12.6. The summed E-state index contributed by atoms with van der Waals surface area (Å²) in [4.78, 5) is 9.20. The Morgan fingerprint density at radius 3 is 2.44 bits per heavy atom. The van der Waals surface area contributed by atoms with Gasteiger partial charge in [-0.2, -0.15) is 0 Å². The van der Waals surface area contributed by atoms with Crippen molar-refractivity contribution < 1.29 is 4.79 Å². The fourth-order valence-corrected chi connectivity index (χ4v) is 0.0830. The van der Waals surface area contributed by atoms with Crippen molar-refractivity contribution >= 4 is 76.1 Å². The Balaban J connectivity index is 0. The molecule has 0 aromatic carbocycles. The first-order valence-corrected chi connectivity index (χ1v) is 9.69. The van der Waals surface area contributed by atoms with E-state index in [2.05, 4.69) is 10.8 Å². The Morgan fingerprint density at radius 1 is 1.89 bits per heavy atom. The van der Waals surface area contributed by atoms with Crippen LogP contribution < -0.4 is 11.2 Å². The van der Waals surface area contributed by atoms with E-state index >= 15 is 0 Å². The van der Waals surface area contributed by atoms with E-state index in [9.17, 15) is 4.79 Å². The van der Waals surface area contributed by atoms with Crippen LogP contribution in [0.15, 0.2) is 5.10 Å². The summed E-state index contributed by atoms with van der Waals surface area (Å²) in [5.74, 6) is -0.372. The molecular formula is C2H4ClCsN4O. The van der Waals surface area contributed by atoms with Crippen molar-refractivity contribution in [1.82, 2.24) is 5.43 Å². The molecule has 7 heteroatoms. The number of nitrogens with two attached hydrogens (primary N) is 1. The van der Waals surface area contributed by atoms with Crippen molar-refractivity contribution in [2.75, 3.05) is 0 Å². The quantitative estimate of drug-likeness (QED) is 0.247. The molecule has 0 bridgehead atoms.